The molecule has 2 N–H and O–H groups in total. The van der Waals surface area contributed by atoms with Crippen LogP contribution < -0.4 is 10.6 Å². The highest BCUT2D eigenvalue weighted by Crippen LogP contribution is 2.29. The van der Waals surface area contributed by atoms with E-state index in [0.717, 1.165) is 25.2 Å². The summed E-state index contributed by atoms with van der Waals surface area (Å²) in [6, 6.07) is 5.95. The van der Waals surface area contributed by atoms with E-state index in [1.165, 1.54) is 22.0 Å². The zero-order chi connectivity index (χ0) is 14.1. The lowest BCUT2D eigenvalue weighted by molar-refractivity contribution is -0.384. The molecule has 104 valence electrons. The fourth-order valence-corrected chi connectivity index (χ4v) is 2.48. The highest BCUT2D eigenvalue weighted by atomic mass is 16.6. The van der Waals surface area contributed by atoms with Crippen molar-refractivity contribution in [3.8, 4) is 0 Å². The maximum absolute atomic E-state index is 11.0. The van der Waals surface area contributed by atoms with E-state index in [1.807, 2.05) is 12.1 Å². The summed E-state index contributed by atoms with van der Waals surface area (Å²) in [5.74, 6) is 0.282. The second-order valence-electron chi connectivity index (χ2n) is 4.79. The van der Waals surface area contributed by atoms with Crippen molar-refractivity contribution in [1.29, 1.82) is 0 Å². The minimum absolute atomic E-state index is 0.0148. The molecule has 1 aliphatic heterocycles. The van der Waals surface area contributed by atoms with Crippen molar-refractivity contribution in [2.75, 3.05) is 11.9 Å². The quantitative estimate of drug-likeness (QED) is 0.657. The molecule has 0 fully saturated rings. The smallest absolute Gasteiger partial charge is 0.331 e. The van der Waals surface area contributed by atoms with Crippen LogP contribution in [0.25, 0.3) is 0 Å². The van der Waals surface area contributed by atoms with Gasteiger partial charge in [0.1, 0.15) is 6.20 Å². The predicted octanol–water partition coefficient (Wildman–Crippen LogP) is 1.72. The minimum Gasteiger partial charge on any atom is -0.333 e. The number of rotatable bonds is 3. The van der Waals surface area contributed by atoms with E-state index >= 15 is 0 Å². The average molecular weight is 273 g/mol. The minimum atomic E-state index is -0.424. The zero-order valence-corrected chi connectivity index (χ0v) is 11.1. The zero-order valence-electron chi connectivity index (χ0n) is 11.1. The number of aromatic nitrogens is 2. The van der Waals surface area contributed by atoms with Crippen molar-refractivity contribution in [2.24, 2.45) is 7.05 Å². The predicted molar refractivity (Wildman–Crippen MR) is 75.0 cm³/mol. The Kier molecular flexibility index (Phi) is 3.11. The van der Waals surface area contributed by atoms with Crippen LogP contribution in [0.2, 0.25) is 0 Å². The fourth-order valence-electron chi connectivity index (χ4n) is 2.48. The summed E-state index contributed by atoms with van der Waals surface area (Å²) in [6.45, 7) is 1.74. The Morgan fingerprint density at radius 1 is 1.50 bits per heavy atom. The molecule has 0 unspecified atom stereocenters. The van der Waals surface area contributed by atoms with Gasteiger partial charge in [-0.1, -0.05) is 12.1 Å². The first-order valence-corrected chi connectivity index (χ1v) is 6.41. The van der Waals surface area contributed by atoms with Crippen LogP contribution in [-0.2, 0) is 20.0 Å². The van der Waals surface area contributed by atoms with Crippen molar-refractivity contribution in [2.45, 2.75) is 13.0 Å². The van der Waals surface area contributed by atoms with Gasteiger partial charge in [-0.15, -0.1) is 5.10 Å². The van der Waals surface area contributed by atoms with Gasteiger partial charge in [-0.25, -0.2) is 0 Å². The number of hydrogen-bond acceptors (Lipinski definition) is 5. The van der Waals surface area contributed by atoms with E-state index in [4.69, 9.17) is 0 Å². The molecule has 7 nitrogen and oxygen atoms in total. The second-order valence-corrected chi connectivity index (χ2v) is 4.79. The van der Waals surface area contributed by atoms with Crippen LogP contribution >= 0.6 is 0 Å². The molecule has 3 rings (SSSR count). The molecule has 2 aromatic rings. The van der Waals surface area contributed by atoms with Gasteiger partial charge >= 0.3 is 5.69 Å². The van der Waals surface area contributed by atoms with Gasteiger partial charge in [-0.05, 0) is 30.2 Å². The van der Waals surface area contributed by atoms with Crippen LogP contribution in [-0.4, -0.2) is 21.2 Å². The highest BCUT2D eigenvalue weighted by Gasteiger charge is 2.20. The summed E-state index contributed by atoms with van der Waals surface area (Å²) in [7, 11) is 1.67. The van der Waals surface area contributed by atoms with Gasteiger partial charge in [-0.3, -0.25) is 14.8 Å². The average Bonchev–Trinajstić information content (AvgIpc) is 2.80. The van der Waals surface area contributed by atoms with E-state index in [2.05, 4.69) is 21.8 Å². The first kappa shape index (κ1) is 12.6. The van der Waals surface area contributed by atoms with E-state index < -0.39 is 4.92 Å². The number of aryl methyl sites for hydroxylation is 1. The first-order chi connectivity index (χ1) is 9.65. The van der Waals surface area contributed by atoms with Crippen molar-refractivity contribution < 1.29 is 4.92 Å². The molecule has 0 atom stereocenters. The Morgan fingerprint density at radius 2 is 2.35 bits per heavy atom. The molecule has 1 aliphatic rings. The van der Waals surface area contributed by atoms with Gasteiger partial charge in [0, 0.05) is 19.3 Å². The maximum Gasteiger partial charge on any atom is 0.331 e. The van der Waals surface area contributed by atoms with E-state index in [9.17, 15) is 10.1 Å². The molecule has 7 heteroatoms. The molecule has 0 aliphatic carbocycles. The Labute approximate surface area is 115 Å². The topological polar surface area (TPSA) is 85.0 Å². The van der Waals surface area contributed by atoms with E-state index in [-0.39, 0.29) is 11.5 Å². The number of nitro groups is 1. The Morgan fingerprint density at radius 3 is 3.15 bits per heavy atom. The van der Waals surface area contributed by atoms with Crippen LogP contribution in [0.5, 0.6) is 0 Å². The van der Waals surface area contributed by atoms with Gasteiger partial charge in [0.25, 0.3) is 0 Å². The van der Waals surface area contributed by atoms with Gasteiger partial charge in [0.05, 0.1) is 4.92 Å². The molecule has 20 heavy (non-hydrogen) atoms. The van der Waals surface area contributed by atoms with Gasteiger partial charge in [-0.2, -0.15) is 0 Å². The lowest BCUT2D eigenvalue weighted by Gasteiger charge is -2.20. The van der Waals surface area contributed by atoms with Gasteiger partial charge < -0.3 is 10.6 Å². The Bertz CT molecular complexity index is 665. The summed E-state index contributed by atoms with van der Waals surface area (Å²) < 4.78 is 1.44. The molecule has 0 saturated carbocycles. The normalized spacial score (nSPS) is 13.8. The number of hydrogen-bond donors (Lipinski definition) is 2. The lowest BCUT2D eigenvalue weighted by atomic mass is 9.99. The van der Waals surface area contributed by atoms with Crippen molar-refractivity contribution in [3.05, 3.63) is 45.6 Å². The van der Waals surface area contributed by atoms with E-state index in [1.54, 1.807) is 7.05 Å². The molecule has 2 heterocycles. The second kappa shape index (κ2) is 4.93. The van der Waals surface area contributed by atoms with Crippen molar-refractivity contribution in [3.63, 3.8) is 0 Å². The summed E-state index contributed by atoms with van der Waals surface area (Å²) in [6.07, 6.45) is 2.30. The molecule has 1 aromatic carbocycles. The number of fused-ring (bicyclic) bond motifs is 1. The highest BCUT2D eigenvalue weighted by molar-refractivity contribution is 5.68. The molecule has 0 amide bonds. The van der Waals surface area contributed by atoms with Crippen LogP contribution in [0.3, 0.4) is 0 Å². The van der Waals surface area contributed by atoms with Crippen LogP contribution in [0, 0.1) is 10.1 Å². The third-order valence-corrected chi connectivity index (χ3v) is 3.40. The van der Waals surface area contributed by atoms with Crippen molar-refractivity contribution >= 4 is 17.2 Å². The lowest BCUT2D eigenvalue weighted by Crippen LogP contribution is -2.24. The first-order valence-electron chi connectivity index (χ1n) is 6.41. The standard InChI is InChI=1S/C13H15N5O2/c1-17-8-12(18(19)20)13(16-17)15-11-4-2-3-9-7-14-6-5-10(9)11/h2-4,8,14H,5-7H2,1H3,(H,15,16). The van der Waals surface area contributed by atoms with Gasteiger partial charge in [0.15, 0.2) is 0 Å². The third kappa shape index (κ3) is 2.23. The summed E-state index contributed by atoms with van der Waals surface area (Å²) in [4.78, 5) is 10.6. The molecule has 0 spiro atoms. The third-order valence-electron chi connectivity index (χ3n) is 3.40. The van der Waals surface area contributed by atoms with Gasteiger partial charge in [0.2, 0.25) is 5.82 Å². The summed E-state index contributed by atoms with van der Waals surface area (Å²) in [5, 5.41) is 21.6. The monoisotopic (exact) mass is 273 g/mol. The molecular weight excluding hydrogens is 258 g/mol. The number of nitrogens with one attached hydrogen (secondary N) is 2. The van der Waals surface area contributed by atoms with Crippen molar-refractivity contribution in [1.82, 2.24) is 15.1 Å². The summed E-state index contributed by atoms with van der Waals surface area (Å²) >= 11 is 0. The maximum atomic E-state index is 11.0. The van der Waals surface area contributed by atoms with Crippen LogP contribution in [0.4, 0.5) is 17.2 Å². The fraction of sp³-hybridized carbons (Fsp3) is 0.308. The SMILES string of the molecule is Cn1cc([N+](=O)[O-])c(Nc2cccc3c2CCNC3)n1. The van der Waals surface area contributed by atoms with Crippen LogP contribution in [0.15, 0.2) is 24.4 Å². The molecule has 0 radical (unpaired) electrons. The summed E-state index contributed by atoms with van der Waals surface area (Å²) in [5.41, 5.74) is 3.30. The molecular formula is C13H15N5O2. The number of benzene rings is 1. The number of anilines is 2. The van der Waals surface area contributed by atoms with E-state index in [0.29, 0.717) is 0 Å². The molecule has 1 aromatic heterocycles. The Hall–Kier alpha value is -2.41. The largest absolute Gasteiger partial charge is 0.333 e. The van der Waals surface area contributed by atoms with Crippen LogP contribution in [0.1, 0.15) is 11.1 Å². The number of nitrogens with zero attached hydrogens (tertiary/aromatic N) is 3. The Balaban J connectivity index is 1.98. The molecule has 0 bridgehead atoms. The molecule has 0 saturated heterocycles.